The number of piperidine rings is 1. The first kappa shape index (κ1) is 20.5. The van der Waals surface area contributed by atoms with Crippen LogP contribution < -0.4 is 10.2 Å². The summed E-state index contributed by atoms with van der Waals surface area (Å²) in [6.07, 6.45) is 9.05. The minimum atomic E-state index is -0.0499. The molecule has 1 fully saturated rings. The van der Waals surface area contributed by atoms with Crippen LogP contribution in [0.3, 0.4) is 0 Å². The Morgan fingerprint density at radius 2 is 1.82 bits per heavy atom. The molecule has 1 saturated heterocycles. The summed E-state index contributed by atoms with van der Waals surface area (Å²) in [5, 5.41) is 18.0. The van der Waals surface area contributed by atoms with Crippen molar-refractivity contribution in [1.82, 2.24) is 29.4 Å². The van der Waals surface area contributed by atoms with Gasteiger partial charge in [0.05, 0.1) is 11.4 Å². The Kier molecular flexibility index (Phi) is 5.27. The molecule has 0 saturated carbocycles. The number of rotatable bonds is 5. The zero-order valence-corrected chi connectivity index (χ0v) is 19.1. The van der Waals surface area contributed by atoms with Crippen molar-refractivity contribution in [2.75, 3.05) is 23.3 Å². The molecule has 0 radical (unpaired) electrons. The van der Waals surface area contributed by atoms with Crippen LogP contribution in [0.1, 0.15) is 12.8 Å². The van der Waals surface area contributed by atoms with Crippen molar-refractivity contribution >= 4 is 33.7 Å². The van der Waals surface area contributed by atoms with E-state index in [4.69, 9.17) is 4.98 Å². The highest BCUT2D eigenvalue weighted by molar-refractivity contribution is 7.15. The number of para-hydroxylation sites is 1. The Bertz CT molecular complexity index is 1390. The Morgan fingerprint density at radius 1 is 1.00 bits per heavy atom. The second-order valence-corrected chi connectivity index (χ2v) is 9.09. The van der Waals surface area contributed by atoms with Crippen LogP contribution in [0.25, 0.3) is 22.0 Å². The molecule has 1 aliphatic heterocycles. The van der Waals surface area contributed by atoms with Gasteiger partial charge in [-0.25, -0.2) is 9.67 Å². The maximum Gasteiger partial charge on any atom is 0.227 e. The fraction of sp³-hybridized carbons (Fsp3) is 0.208. The van der Waals surface area contributed by atoms with Crippen LogP contribution in [0.15, 0.2) is 72.6 Å². The highest BCUT2D eigenvalue weighted by atomic mass is 32.1. The predicted molar refractivity (Wildman–Crippen MR) is 131 cm³/mol. The van der Waals surface area contributed by atoms with E-state index >= 15 is 0 Å². The van der Waals surface area contributed by atoms with Gasteiger partial charge < -0.3 is 10.2 Å². The van der Waals surface area contributed by atoms with Gasteiger partial charge in [0.1, 0.15) is 0 Å². The van der Waals surface area contributed by atoms with Gasteiger partial charge in [0.25, 0.3) is 0 Å². The van der Waals surface area contributed by atoms with Crippen molar-refractivity contribution in [2.45, 2.75) is 12.8 Å². The van der Waals surface area contributed by atoms with Crippen molar-refractivity contribution in [3.05, 3.63) is 72.6 Å². The molecule has 5 aromatic rings. The third-order valence-corrected chi connectivity index (χ3v) is 6.89. The topological polar surface area (TPSA) is 93.2 Å². The molecule has 0 spiro atoms. The predicted octanol–water partition coefficient (Wildman–Crippen LogP) is 3.89. The largest absolute Gasteiger partial charge is 0.355 e. The molecule has 1 amide bonds. The molecule has 1 aromatic carbocycles. The average Bonchev–Trinajstić information content (AvgIpc) is 3.63. The highest BCUT2D eigenvalue weighted by Gasteiger charge is 2.26. The van der Waals surface area contributed by atoms with E-state index in [1.165, 1.54) is 0 Å². The summed E-state index contributed by atoms with van der Waals surface area (Å²) in [4.78, 5) is 20.9. The summed E-state index contributed by atoms with van der Waals surface area (Å²) in [7, 11) is 0. The molecule has 170 valence electrons. The van der Waals surface area contributed by atoms with E-state index in [1.54, 1.807) is 22.2 Å². The van der Waals surface area contributed by atoms with E-state index in [0.717, 1.165) is 53.7 Å². The number of nitrogens with zero attached hydrogens (tertiary/aromatic N) is 7. The van der Waals surface area contributed by atoms with Gasteiger partial charge in [0, 0.05) is 54.7 Å². The second-order valence-electron chi connectivity index (χ2n) is 8.22. The van der Waals surface area contributed by atoms with E-state index in [9.17, 15) is 4.79 Å². The number of amides is 1. The number of benzene rings is 1. The molecule has 5 heterocycles. The Hall–Kier alpha value is -4.05. The average molecular weight is 471 g/mol. The van der Waals surface area contributed by atoms with Crippen LogP contribution in [-0.2, 0) is 4.79 Å². The van der Waals surface area contributed by atoms with E-state index in [2.05, 4.69) is 25.5 Å². The van der Waals surface area contributed by atoms with Gasteiger partial charge >= 0.3 is 0 Å². The van der Waals surface area contributed by atoms with E-state index in [0.29, 0.717) is 5.82 Å². The summed E-state index contributed by atoms with van der Waals surface area (Å²) in [6.45, 7) is 1.51. The first-order chi connectivity index (χ1) is 16.7. The number of aromatic nitrogens is 6. The summed E-state index contributed by atoms with van der Waals surface area (Å²) in [5.74, 6) is 1.50. The molecule has 0 unspecified atom stereocenters. The lowest BCUT2D eigenvalue weighted by molar-refractivity contribution is -0.120. The first-order valence-corrected chi connectivity index (χ1v) is 12.0. The number of carbonyl (C=O) groups is 1. The molecule has 9 nitrogen and oxygen atoms in total. The fourth-order valence-corrected chi connectivity index (χ4v) is 4.99. The standard InChI is InChI=1S/C24H22N8OS/c33-23(26-19-5-2-1-4-18(19)20-16-31-14-15-34-24(31)27-20)17-8-12-30(13-9-17)21-6-7-22(29-28-21)32-11-3-10-25-32/h1-7,10-11,14-17H,8-9,12-13H2,(H,26,33). The Labute approximate surface area is 199 Å². The number of carbonyl (C=O) groups excluding carboxylic acids is 1. The molecule has 4 aromatic heterocycles. The Morgan fingerprint density at radius 3 is 2.59 bits per heavy atom. The number of thiazole rings is 1. The smallest absolute Gasteiger partial charge is 0.227 e. The number of imidazole rings is 1. The second kappa shape index (κ2) is 8.71. The highest BCUT2D eigenvalue weighted by Crippen LogP contribution is 2.30. The summed E-state index contributed by atoms with van der Waals surface area (Å²) < 4.78 is 3.68. The van der Waals surface area contributed by atoms with E-state index < -0.39 is 0 Å². The third kappa shape index (κ3) is 3.92. The van der Waals surface area contributed by atoms with Crippen molar-refractivity contribution < 1.29 is 4.79 Å². The molecule has 1 aliphatic rings. The number of fused-ring (bicyclic) bond motifs is 1. The normalized spacial score (nSPS) is 14.5. The van der Waals surface area contributed by atoms with Crippen LogP contribution in [-0.4, -0.2) is 48.4 Å². The van der Waals surface area contributed by atoms with Gasteiger partial charge in [0.2, 0.25) is 5.91 Å². The molecule has 0 aliphatic carbocycles. The van der Waals surface area contributed by atoms with Gasteiger partial charge in [-0.1, -0.05) is 18.2 Å². The summed E-state index contributed by atoms with van der Waals surface area (Å²) >= 11 is 1.59. The van der Waals surface area contributed by atoms with Crippen LogP contribution >= 0.6 is 11.3 Å². The van der Waals surface area contributed by atoms with E-state index in [1.807, 2.05) is 70.8 Å². The molecular weight excluding hydrogens is 448 g/mol. The zero-order valence-electron chi connectivity index (χ0n) is 18.3. The first-order valence-electron chi connectivity index (χ1n) is 11.2. The van der Waals surface area contributed by atoms with Crippen LogP contribution in [0.4, 0.5) is 11.5 Å². The van der Waals surface area contributed by atoms with Gasteiger partial charge in [-0.15, -0.1) is 21.5 Å². The molecule has 0 bridgehead atoms. The summed E-state index contributed by atoms with van der Waals surface area (Å²) in [6, 6.07) is 13.5. The lowest BCUT2D eigenvalue weighted by Gasteiger charge is -2.32. The quantitative estimate of drug-likeness (QED) is 0.419. The fourth-order valence-electron chi connectivity index (χ4n) is 4.29. The molecular formula is C24H22N8OS. The van der Waals surface area contributed by atoms with Crippen molar-refractivity contribution in [2.24, 2.45) is 5.92 Å². The van der Waals surface area contributed by atoms with Gasteiger partial charge in [0.15, 0.2) is 16.6 Å². The monoisotopic (exact) mass is 470 g/mol. The van der Waals surface area contributed by atoms with Gasteiger partial charge in [-0.2, -0.15) is 5.10 Å². The zero-order chi connectivity index (χ0) is 22.9. The van der Waals surface area contributed by atoms with E-state index in [-0.39, 0.29) is 11.8 Å². The lowest BCUT2D eigenvalue weighted by Crippen LogP contribution is -2.38. The van der Waals surface area contributed by atoms with Gasteiger partial charge in [-0.3, -0.25) is 9.20 Å². The maximum atomic E-state index is 13.1. The molecule has 34 heavy (non-hydrogen) atoms. The SMILES string of the molecule is O=C(Nc1ccccc1-c1cn2ccsc2n1)C1CCN(c2ccc(-n3cccn3)nn2)CC1. The number of anilines is 2. The maximum absolute atomic E-state index is 13.1. The van der Waals surface area contributed by atoms with Crippen molar-refractivity contribution in [3.8, 4) is 17.1 Å². The molecule has 10 heteroatoms. The number of hydrogen-bond donors (Lipinski definition) is 1. The number of nitrogens with one attached hydrogen (secondary N) is 1. The van der Waals surface area contributed by atoms with Crippen molar-refractivity contribution in [3.63, 3.8) is 0 Å². The molecule has 0 atom stereocenters. The molecule has 1 N–H and O–H groups in total. The Balaban J connectivity index is 1.11. The third-order valence-electron chi connectivity index (χ3n) is 6.12. The van der Waals surface area contributed by atoms with Crippen molar-refractivity contribution in [1.29, 1.82) is 0 Å². The number of hydrogen-bond acceptors (Lipinski definition) is 7. The van der Waals surface area contributed by atoms with Gasteiger partial charge in [-0.05, 0) is 37.1 Å². The summed E-state index contributed by atoms with van der Waals surface area (Å²) in [5.41, 5.74) is 2.58. The van der Waals surface area contributed by atoms with Crippen LogP contribution in [0.2, 0.25) is 0 Å². The minimum absolute atomic E-state index is 0.0493. The van der Waals surface area contributed by atoms with Crippen LogP contribution in [0, 0.1) is 5.92 Å². The minimum Gasteiger partial charge on any atom is -0.355 e. The lowest BCUT2D eigenvalue weighted by atomic mass is 9.95. The molecule has 6 rings (SSSR count). The van der Waals surface area contributed by atoms with Crippen LogP contribution in [0.5, 0.6) is 0 Å².